The van der Waals surface area contributed by atoms with Crippen molar-refractivity contribution in [2.75, 3.05) is 12.0 Å². The quantitative estimate of drug-likeness (QED) is 0.371. The Balaban J connectivity index is 1.66. The summed E-state index contributed by atoms with van der Waals surface area (Å²) in [6, 6.07) is 22.3. The second-order valence-corrected chi connectivity index (χ2v) is 8.72. The summed E-state index contributed by atoms with van der Waals surface area (Å²) in [5.74, 6) is 0.534. The van der Waals surface area contributed by atoms with Crippen molar-refractivity contribution in [2.24, 2.45) is 0 Å². The molecule has 2 atom stereocenters. The van der Waals surface area contributed by atoms with Crippen LogP contribution in [0.4, 0.5) is 10.1 Å². The smallest absolute Gasteiger partial charge is 0.174 e. The highest BCUT2D eigenvalue weighted by Gasteiger charge is 2.42. The first-order valence-electron chi connectivity index (χ1n) is 11.1. The molecule has 0 unspecified atom stereocenters. The molecule has 3 heterocycles. The Morgan fingerprint density at radius 1 is 0.971 bits per heavy atom. The Hall–Kier alpha value is -3.71. The number of hydrogen-bond acceptors (Lipinski definition) is 3. The van der Waals surface area contributed by atoms with Crippen molar-refractivity contribution in [3.05, 3.63) is 107 Å². The zero-order valence-electron chi connectivity index (χ0n) is 19.2. The lowest BCUT2D eigenvalue weighted by molar-refractivity contribution is 0.415. The second kappa shape index (κ2) is 8.91. The van der Waals surface area contributed by atoms with Crippen LogP contribution in [0.2, 0.25) is 0 Å². The van der Waals surface area contributed by atoms with Crippen LogP contribution in [0.3, 0.4) is 0 Å². The van der Waals surface area contributed by atoms with E-state index in [1.54, 1.807) is 25.4 Å². The predicted molar refractivity (Wildman–Crippen MR) is 136 cm³/mol. The van der Waals surface area contributed by atoms with Gasteiger partial charge >= 0.3 is 0 Å². The van der Waals surface area contributed by atoms with Gasteiger partial charge in [0.25, 0.3) is 0 Å². The van der Waals surface area contributed by atoms with Gasteiger partial charge in [0.2, 0.25) is 0 Å². The van der Waals surface area contributed by atoms with Crippen molar-refractivity contribution in [2.45, 2.75) is 25.9 Å². The largest absolute Gasteiger partial charge is 0.497 e. The fourth-order valence-electron chi connectivity index (χ4n) is 4.77. The molecule has 0 bridgehead atoms. The molecule has 1 aliphatic rings. The number of benzene rings is 2. The van der Waals surface area contributed by atoms with Crippen LogP contribution < -0.4 is 15.0 Å². The fourth-order valence-corrected chi connectivity index (χ4v) is 5.11. The molecule has 0 saturated carbocycles. The molecule has 2 aromatic carbocycles. The SMILES string of the molecule is COc1ccc(N2C(=S)N[C@H](c3ccccn3)[C@@H]2c2cc(C)n(-c3ccc(F)cc3)c2C)cc1. The minimum Gasteiger partial charge on any atom is -0.497 e. The molecule has 0 amide bonds. The number of thiocarbonyl (C=S) groups is 1. The monoisotopic (exact) mass is 472 g/mol. The van der Waals surface area contributed by atoms with E-state index < -0.39 is 0 Å². The summed E-state index contributed by atoms with van der Waals surface area (Å²) in [6.07, 6.45) is 1.80. The molecule has 1 saturated heterocycles. The van der Waals surface area contributed by atoms with Gasteiger partial charge in [-0.1, -0.05) is 6.07 Å². The Morgan fingerprint density at radius 3 is 2.32 bits per heavy atom. The van der Waals surface area contributed by atoms with E-state index >= 15 is 0 Å². The molecule has 34 heavy (non-hydrogen) atoms. The molecular formula is C27H25FN4OS. The van der Waals surface area contributed by atoms with Gasteiger partial charge in [0.15, 0.2) is 5.11 Å². The van der Waals surface area contributed by atoms with Crippen molar-refractivity contribution in [1.82, 2.24) is 14.9 Å². The minimum atomic E-state index is -0.252. The van der Waals surface area contributed by atoms with E-state index in [2.05, 4.69) is 39.7 Å². The molecule has 2 aromatic heterocycles. The Morgan fingerprint density at radius 2 is 1.68 bits per heavy atom. The topological polar surface area (TPSA) is 42.3 Å². The third-order valence-electron chi connectivity index (χ3n) is 6.32. The molecule has 1 fully saturated rings. The van der Waals surface area contributed by atoms with E-state index in [9.17, 15) is 4.39 Å². The average Bonchev–Trinajstić information content (AvgIpc) is 3.35. The first-order chi connectivity index (χ1) is 16.5. The van der Waals surface area contributed by atoms with Gasteiger partial charge in [0.1, 0.15) is 11.6 Å². The van der Waals surface area contributed by atoms with Crippen molar-refractivity contribution >= 4 is 23.0 Å². The summed E-state index contributed by atoms with van der Waals surface area (Å²) in [5.41, 5.74) is 6.06. The summed E-state index contributed by atoms with van der Waals surface area (Å²) >= 11 is 5.84. The summed E-state index contributed by atoms with van der Waals surface area (Å²) in [6.45, 7) is 4.16. The van der Waals surface area contributed by atoms with Crippen LogP contribution in [0.5, 0.6) is 5.75 Å². The number of ether oxygens (including phenoxy) is 1. The lowest BCUT2D eigenvalue weighted by atomic mass is 9.96. The number of halogens is 1. The Kier molecular flexibility index (Phi) is 5.79. The Bertz CT molecular complexity index is 1320. The number of nitrogens with one attached hydrogen (secondary N) is 1. The van der Waals surface area contributed by atoms with E-state index in [0.29, 0.717) is 5.11 Å². The highest BCUT2D eigenvalue weighted by Crippen LogP contribution is 2.44. The average molecular weight is 473 g/mol. The molecule has 7 heteroatoms. The van der Waals surface area contributed by atoms with E-state index in [1.165, 1.54) is 12.1 Å². The third-order valence-corrected chi connectivity index (χ3v) is 6.64. The molecular weight excluding hydrogens is 447 g/mol. The van der Waals surface area contributed by atoms with Crippen molar-refractivity contribution in [3.63, 3.8) is 0 Å². The number of rotatable bonds is 5. The van der Waals surface area contributed by atoms with E-state index in [1.807, 2.05) is 42.5 Å². The number of aryl methyl sites for hydroxylation is 1. The number of aromatic nitrogens is 2. The van der Waals surface area contributed by atoms with Gasteiger partial charge in [-0.2, -0.15) is 0 Å². The molecule has 5 rings (SSSR count). The molecule has 1 N–H and O–H groups in total. The molecule has 0 spiro atoms. The van der Waals surface area contributed by atoms with E-state index in [4.69, 9.17) is 17.0 Å². The van der Waals surface area contributed by atoms with Gasteiger partial charge < -0.3 is 19.5 Å². The summed E-state index contributed by atoms with van der Waals surface area (Å²) in [7, 11) is 1.65. The lowest BCUT2D eigenvalue weighted by Crippen LogP contribution is -2.29. The first-order valence-corrected chi connectivity index (χ1v) is 11.5. The van der Waals surface area contributed by atoms with Crippen LogP contribution in [0, 0.1) is 19.7 Å². The van der Waals surface area contributed by atoms with Gasteiger partial charge in [0.05, 0.1) is 24.9 Å². The van der Waals surface area contributed by atoms with Crippen LogP contribution in [0.1, 0.15) is 34.7 Å². The summed E-state index contributed by atoms with van der Waals surface area (Å²) in [5, 5.41) is 4.14. The summed E-state index contributed by atoms with van der Waals surface area (Å²) < 4.78 is 21.1. The minimum absolute atomic E-state index is 0.129. The summed E-state index contributed by atoms with van der Waals surface area (Å²) in [4.78, 5) is 6.78. The van der Waals surface area contributed by atoms with Gasteiger partial charge in [0, 0.05) is 29.0 Å². The predicted octanol–water partition coefficient (Wildman–Crippen LogP) is 5.81. The zero-order valence-corrected chi connectivity index (χ0v) is 20.0. The fraction of sp³-hybridized carbons (Fsp3) is 0.185. The highest BCUT2D eigenvalue weighted by molar-refractivity contribution is 7.80. The lowest BCUT2D eigenvalue weighted by Gasteiger charge is -2.28. The molecule has 0 aliphatic carbocycles. The van der Waals surface area contributed by atoms with Gasteiger partial charge in [-0.15, -0.1) is 0 Å². The van der Waals surface area contributed by atoms with Crippen molar-refractivity contribution in [1.29, 1.82) is 0 Å². The normalized spacial score (nSPS) is 17.6. The number of anilines is 1. The van der Waals surface area contributed by atoms with Crippen LogP contribution in [-0.4, -0.2) is 21.8 Å². The van der Waals surface area contributed by atoms with E-state index in [-0.39, 0.29) is 17.9 Å². The Labute approximate surface area is 203 Å². The molecule has 1 aliphatic heterocycles. The standard InChI is InChI=1S/C27H25FN4OS/c1-17-16-23(18(2)31(17)20-9-7-19(28)8-10-20)26-25(24-6-4-5-15-29-24)30-27(34)32(26)21-11-13-22(33-3)14-12-21/h4-16,25-26H,1-3H3,(H,30,34)/t25-,26+/m1/s1. The molecule has 4 aromatic rings. The van der Waals surface area contributed by atoms with Crippen LogP contribution in [0.15, 0.2) is 79.0 Å². The number of methoxy groups -OCH3 is 1. The molecule has 5 nitrogen and oxygen atoms in total. The number of nitrogens with zero attached hydrogens (tertiary/aromatic N) is 3. The van der Waals surface area contributed by atoms with Crippen LogP contribution >= 0.6 is 12.2 Å². The van der Waals surface area contributed by atoms with Crippen molar-refractivity contribution in [3.8, 4) is 11.4 Å². The van der Waals surface area contributed by atoms with Crippen LogP contribution in [0.25, 0.3) is 5.69 Å². The van der Waals surface area contributed by atoms with Crippen molar-refractivity contribution < 1.29 is 9.13 Å². The van der Waals surface area contributed by atoms with E-state index in [0.717, 1.165) is 39.8 Å². The maximum atomic E-state index is 13.6. The number of hydrogen-bond donors (Lipinski definition) is 1. The van der Waals surface area contributed by atoms with Gasteiger partial charge in [-0.25, -0.2) is 4.39 Å². The number of pyridine rings is 1. The molecule has 0 radical (unpaired) electrons. The maximum Gasteiger partial charge on any atom is 0.174 e. The van der Waals surface area contributed by atoms with Gasteiger partial charge in [-0.05, 0) is 98.4 Å². The second-order valence-electron chi connectivity index (χ2n) is 8.33. The van der Waals surface area contributed by atoms with Crippen LogP contribution in [-0.2, 0) is 0 Å². The zero-order chi connectivity index (χ0) is 23.8. The first kappa shape index (κ1) is 22.1. The van der Waals surface area contributed by atoms with Gasteiger partial charge in [-0.3, -0.25) is 4.98 Å². The maximum absolute atomic E-state index is 13.6. The third kappa shape index (κ3) is 3.82. The molecule has 172 valence electrons. The highest BCUT2D eigenvalue weighted by atomic mass is 32.1.